The Hall–Kier alpha value is -1.20. The van der Waals surface area contributed by atoms with E-state index in [1.54, 1.807) is 0 Å². The summed E-state index contributed by atoms with van der Waals surface area (Å²) in [5.41, 5.74) is 1.02. The van der Waals surface area contributed by atoms with Crippen LogP contribution in [-0.4, -0.2) is 54.1 Å². The first kappa shape index (κ1) is 15.2. The SMILES string of the molecule is CCN(c1cnc(CNC2CC2)cn1)C(C)CN(C)C. The van der Waals surface area contributed by atoms with Crippen LogP contribution in [0.4, 0.5) is 5.82 Å². The molecule has 1 aromatic heterocycles. The Bertz CT molecular complexity index is 399. The van der Waals surface area contributed by atoms with Crippen molar-refractivity contribution in [1.82, 2.24) is 20.2 Å². The van der Waals surface area contributed by atoms with Gasteiger partial charge in [0.1, 0.15) is 5.82 Å². The average Bonchev–Trinajstić information content (AvgIpc) is 3.22. The van der Waals surface area contributed by atoms with Crippen LogP contribution in [0.2, 0.25) is 0 Å². The van der Waals surface area contributed by atoms with Crippen molar-refractivity contribution in [3.8, 4) is 0 Å². The third kappa shape index (κ3) is 4.42. The van der Waals surface area contributed by atoms with Crippen molar-refractivity contribution in [1.29, 1.82) is 0 Å². The lowest BCUT2D eigenvalue weighted by Gasteiger charge is -2.30. The number of hydrogen-bond acceptors (Lipinski definition) is 5. The minimum absolute atomic E-state index is 0.430. The summed E-state index contributed by atoms with van der Waals surface area (Å²) in [6, 6.07) is 1.14. The molecular weight excluding hydrogens is 250 g/mol. The predicted octanol–water partition coefficient (Wildman–Crippen LogP) is 1.50. The van der Waals surface area contributed by atoms with Crippen molar-refractivity contribution in [2.24, 2.45) is 0 Å². The molecule has 1 heterocycles. The summed E-state index contributed by atoms with van der Waals surface area (Å²) < 4.78 is 0. The summed E-state index contributed by atoms with van der Waals surface area (Å²) in [6.45, 7) is 7.19. The van der Waals surface area contributed by atoms with E-state index in [4.69, 9.17) is 0 Å². The van der Waals surface area contributed by atoms with E-state index >= 15 is 0 Å². The van der Waals surface area contributed by atoms with Gasteiger partial charge in [0.2, 0.25) is 0 Å². The highest BCUT2D eigenvalue weighted by Crippen LogP contribution is 2.19. The van der Waals surface area contributed by atoms with Gasteiger partial charge in [0, 0.05) is 31.7 Å². The quantitative estimate of drug-likeness (QED) is 0.780. The van der Waals surface area contributed by atoms with Gasteiger partial charge in [-0.1, -0.05) is 0 Å². The van der Waals surface area contributed by atoms with Crippen molar-refractivity contribution in [2.75, 3.05) is 32.1 Å². The van der Waals surface area contributed by atoms with Crippen LogP contribution in [0.1, 0.15) is 32.4 Å². The maximum Gasteiger partial charge on any atom is 0.147 e. The van der Waals surface area contributed by atoms with E-state index in [2.05, 4.69) is 53.0 Å². The van der Waals surface area contributed by atoms with E-state index in [1.165, 1.54) is 12.8 Å². The Morgan fingerprint density at radius 2 is 2.05 bits per heavy atom. The molecule has 1 unspecified atom stereocenters. The van der Waals surface area contributed by atoms with Gasteiger partial charge in [-0.15, -0.1) is 0 Å². The molecule has 2 rings (SSSR count). The van der Waals surface area contributed by atoms with E-state index in [-0.39, 0.29) is 0 Å². The second-order valence-corrected chi connectivity index (χ2v) is 5.92. The van der Waals surface area contributed by atoms with E-state index in [0.717, 1.165) is 31.1 Å². The van der Waals surface area contributed by atoms with E-state index in [1.807, 2.05) is 12.4 Å². The molecule has 1 saturated carbocycles. The third-order valence-corrected chi connectivity index (χ3v) is 3.64. The van der Waals surface area contributed by atoms with Crippen LogP contribution in [-0.2, 0) is 6.54 Å². The molecule has 20 heavy (non-hydrogen) atoms. The average molecular weight is 277 g/mol. The molecule has 5 heteroatoms. The Morgan fingerprint density at radius 1 is 1.30 bits per heavy atom. The third-order valence-electron chi connectivity index (χ3n) is 3.64. The number of nitrogens with one attached hydrogen (secondary N) is 1. The van der Waals surface area contributed by atoms with Crippen molar-refractivity contribution < 1.29 is 0 Å². The van der Waals surface area contributed by atoms with Gasteiger partial charge in [-0.05, 0) is 40.8 Å². The summed E-state index contributed by atoms with van der Waals surface area (Å²) in [7, 11) is 4.20. The summed E-state index contributed by atoms with van der Waals surface area (Å²) in [6.07, 6.45) is 6.41. The highest BCUT2D eigenvalue weighted by atomic mass is 15.2. The second-order valence-electron chi connectivity index (χ2n) is 5.92. The summed E-state index contributed by atoms with van der Waals surface area (Å²) in [5.74, 6) is 0.969. The zero-order valence-corrected chi connectivity index (χ0v) is 13.1. The highest BCUT2D eigenvalue weighted by Gasteiger charge is 2.20. The molecule has 0 spiro atoms. The molecule has 0 aromatic carbocycles. The molecule has 5 nitrogen and oxygen atoms in total. The number of aromatic nitrogens is 2. The summed E-state index contributed by atoms with van der Waals surface area (Å²) in [4.78, 5) is 13.6. The largest absolute Gasteiger partial charge is 0.352 e. The van der Waals surface area contributed by atoms with Gasteiger partial charge < -0.3 is 15.1 Å². The minimum atomic E-state index is 0.430. The molecule has 1 atom stereocenters. The molecule has 0 bridgehead atoms. The molecular formula is C15H27N5. The zero-order chi connectivity index (χ0) is 14.5. The van der Waals surface area contributed by atoms with Crippen LogP contribution in [0.3, 0.4) is 0 Å². The molecule has 0 saturated heterocycles. The first-order valence-electron chi connectivity index (χ1n) is 7.55. The standard InChI is InChI=1S/C15H27N5/c1-5-20(12(2)11-19(3)4)15-10-17-14(9-18-15)8-16-13-6-7-13/h9-10,12-13,16H,5-8,11H2,1-4H3. The topological polar surface area (TPSA) is 44.3 Å². The Morgan fingerprint density at radius 3 is 2.55 bits per heavy atom. The van der Waals surface area contributed by atoms with Crippen molar-refractivity contribution >= 4 is 5.82 Å². The van der Waals surface area contributed by atoms with Crippen LogP contribution in [0.25, 0.3) is 0 Å². The lowest BCUT2D eigenvalue weighted by atomic mass is 10.2. The van der Waals surface area contributed by atoms with Gasteiger partial charge in [-0.3, -0.25) is 4.98 Å². The fourth-order valence-electron chi connectivity index (χ4n) is 2.45. The van der Waals surface area contributed by atoms with Crippen LogP contribution < -0.4 is 10.2 Å². The fraction of sp³-hybridized carbons (Fsp3) is 0.733. The molecule has 1 N–H and O–H groups in total. The smallest absolute Gasteiger partial charge is 0.147 e. The first-order valence-corrected chi connectivity index (χ1v) is 7.55. The van der Waals surface area contributed by atoms with Crippen molar-refractivity contribution in [2.45, 2.75) is 45.3 Å². The molecule has 1 fully saturated rings. The molecule has 0 amide bonds. The lowest BCUT2D eigenvalue weighted by Crippen LogP contribution is -2.40. The zero-order valence-electron chi connectivity index (χ0n) is 13.1. The van der Waals surface area contributed by atoms with E-state index < -0.39 is 0 Å². The Kier molecular flexibility index (Phi) is 5.31. The second kappa shape index (κ2) is 6.99. The Balaban J connectivity index is 1.94. The first-order chi connectivity index (χ1) is 9.60. The number of hydrogen-bond donors (Lipinski definition) is 1. The fourth-order valence-corrected chi connectivity index (χ4v) is 2.45. The molecule has 0 aliphatic heterocycles. The molecule has 112 valence electrons. The minimum Gasteiger partial charge on any atom is -0.352 e. The molecule has 0 radical (unpaired) electrons. The molecule has 1 aliphatic carbocycles. The van der Waals surface area contributed by atoms with E-state index in [0.29, 0.717) is 12.1 Å². The number of anilines is 1. The lowest BCUT2D eigenvalue weighted by molar-refractivity contribution is 0.372. The van der Waals surface area contributed by atoms with Gasteiger partial charge in [-0.25, -0.2) is 4.98 Å². The van der Waals surface area contributed by atoms with Gasteiger partial charge in [-0.2, -0.15) is 0 Å². The van der Waals surface area contributed by atoms with Gasteiger partial charge in [0.25, 0.3) is 0 Å². The van der Waals surface area contributed by atoms with Crippen LogP contribution >= 0.6 is 0 Å². The number of likely N-dealkylation sites (N-methyl/N-ethyl adjacent to an activating group) is 2. The Labute approximate surface area is 122 Å². The monoisotopic (exact) mass is 277 g/mol. The summed E-state index contributed by atoms with van der Waals surface area (Å²) >= 11 is 0. The van der Waals surface area contributed by atoms with Crippen molar-refractivity contribution in [3.63, 3.8) is 0 Å². The maximum absolute atomic E-state index is 4.58. The van der Waals surface area contributed by atoms with Crippen molar-refractivity contribution in [3.05, 3.63) is 18.1 Å². The highest BCUT2D eigenvalue weighted by molar-refractivity contribution is 5.37. The van der Waals surface area contributed by atoms with E-state index in [9.17, 15) is 0 Å². The summed E-state index contributed by atoms with van der Waals surface area (Å²) in [5, 5.41) is 3.46. The van der Waals surface area contributed by atoms with Gasteiger partial charge in [0.15, 0.2) is 0 Å². The molecule has 1 aliphatic rings. The van der Waals surface area contributed by atoms with Gasteiger partial charge >= 0.3 is 0 Å². The van der Waals surface area contributed by atoms with Crippen LogP contribution in [0.5, 0.6) is 0 Å². The predicted molar refractivity (Wildman–Crippen MR) is 82.9 cm³/mol. The normalized spacial score (nSPS) is 16.4. The van der Waals surface area contributed by atoms with Gasteiger partial charge in [0.05, 0.1) is 18.1 Å². The number of nitrogens with zero attached hydrogens (tertiary/aromatic N) is 4. The number of rotatable bonds is 8. The molecule has 1 aromatic rings. The van der Waals surface area contributed by atoms with Crippen LogP contribution in [0, 0.1) is 0 Å². The van der Waals surface area contributed by atoms with Crippen LogP contribution in [0.15, 0.2) is 12.4 Å². The maximum atomic E-state index is 4.58.